The molecule has 1 unspecified atom stereocenters. The predicted molar refractivity (Wildman–Crippen MR) is 254 cm³/mol. The van der Waals surface area contributed by atoms with Crippen LogP contribution in [0.4, 0.5) is 25.8 Å². The molecular formula is C48H57Cl2N7O9. The molecule has 66 heavy (non-hydrogen) atoms. The summed E-state index contributed by atoms with van der Waals surface area (Å²) < 4.78 is 16.0. The number of benzene rings is 4. The molecule has 1 aliphatic rings. The molecule has 0 saturated heterocycles. The molecule has 6 amide bonds. The first kappa shape index (κ1) is 50.5. The molecule has 0 spiro atoms. The number of carbonyl (C=O) groups excluding carboxylic acids is 6. The molecule has 3 atom stereocenters. The van der Waals surface area contributed by atoms with Gasteiger partial charge >= 0.3 is 24.2 Å². The number of halogens is 2. The third kappa shape index (κ3) is 14.5. The van der Waals surface area contributed by atoms with Gasteiger partial charge in [0.25, 0.3) is 0 Å². The minimum Gasteiger partial charge on any atom is -0.467 e. The van der Waals surface area contributed by atoms with E-state index in [1.807, 2.05) is 77.7 Å². The molecule has 0 bridgehead atoms. The van der Waals surface area contributed by atoms with Gasteiger partial charge in [0.15, 0.2) is 0 Å². The SMILES string of the molecule is COC(=O)C(Cc1ccc(N(CCCl)CCCl)cc1)NC(=O)OCc1ccc(NC(=O)[C@H](CCCNC(N)=O)NC(=O)[C@@H](NC(=O)OCC2c3ccccc3-c3ccccc32)C(C)C)cc1. The van der Waals surface area contributed by atoms with Crippen molar-refractivity contribution in [3.8, 4) is 11.1 Å². The Bertz CT molecular complexity index is 2230. The summed E-state index contributed by atoms with van der Waals surface area (Å²) in [5, 5.41) is 13.3. The molecule has 0 aromatic heterocycles. The second-order valence-electron chi connectivity index (χ2n) is 15.9. The fraction of sp³-hybridized carbons (Fsp3) is 0.375. The highest BCUT2D eigenvalue weighted by Crippen LogP contribution is 2.44. The predicted octanol–water partition coefficient (Wildman–Crippen LogP) is 6.42. The van der Waals surface area contributed by atoms with Gasteiger partial charge in [-0.05, 0) is 76.4 Å². The molecule has 0 fully saturated rings. The van der Waals surface area contributed by atoms with Crippen LogP contribution in [-0.2, 0) is 41.6 Å². The van der Waals surface area contributed by atoms with Gasteiger partial charge in [-0.2, -0.15) is 0 Å². The molecule has 4 aromatic rings. The van der Waals surface area contributed by atoms with Crippen LogP contribution in [0.15, 0.2) is 97.1 Å². The summed E-state index contributed by atoms with van der Waals surface area (Å²) >= 11 is 11.9. The van der Waals surface area contributed by atoms with Gasteiger partial charge in [-0.25, -0.2) is 19.2 Å². The zero-order chi connectivity index (χ0) is 47.6. The number of nitrogens with zero attached hydrogens (tertiary/aromatic N) is 1. The van der Waals surface area contributed by atoms with Crippen LogP contribution in [0.3, 0.4) is 0 Å². The van der Waals surface area contributed by atoms with Crippen molar-refractivity contribution in [3.63, 3.8) is 0 Å². The molecule has 352 valence electrons. The zero-order valence-electron chi connectivity index (χ0n) is 37.2. The van der Waals surface area contributed by atoms with E-state index < -0.39 is 54.1 Å². The van der Waals surface area contributed by atoms with Gasteiger partial charge in [-0.3, -0.25) is 9.59 Å². The Balaban J connectivity index is 1.15. The van der Waals surface area contributed by atoms with E-state index in [1.165, 1.54) is 7.11 Å². The molecule has 1 aliphatic carbocycles. The van der Waals surface area contributed by atoms with Crippen molar-refractivity contribution >= 4 is 70.6 Å². The fourth-order valence-corrected chi connectivity index (χ4v) is 7.99. The topological polar surface area (TPSA) is 220 Å². The van der Waals surface area contributed by atoms with Crippen molar-refractivity contribution in [1.82, 2.24) is 21.3 Å². The number of nitrogens with two attached hydrogens (primary N) is 1. The van der Waals surface area contributed by atoms with Gasteiger partial charge in [0, 0.05) is 55.1 Å². The number of esters is 1. The van der Waals surface area contributed by atoms with Gasteiger partial charge in [0.1, 0.15) is 31.3 Å². The largest absolute Gasteiger partial charge is 0.467 e. The number of hydrogen-bond donors (Lipinski definition) is 6. The Morgan fingerprint density at radius 1 is 0.712 bits per heavy atom. The molecule has 0 heterocycles. The first-order valence-corrected chi connectivity index (χ1v) is 22.7. The van der Waals surface area contributed by atoms with Gasteiger partial charge in [0.2, 0.25) is 11.8 Å². The molecule has 4 aromatic carbocycles. The lowest BCUT2D eigenvalue weighted by Gasteiger charge is -2.25. The summed E-state index contributed by atoms with van der Waals surface area (Å²) in [6.45, 7) is 4.81. The normalized spacial score (nSPS) is 12.9. The number of hydrogen-bond acceptors (Lipinski definition) is 10. The van der Waals surface area contributed by atoms with E-state index in [0.29, 0.717) is 36.1 Å². The maximum absolute atomic E-state index is 13.7. The van der Waals surface area contributed by atoms with E-state index in [-0.39, 0.29) is 50.9 Å². The standard InChI is InChI=1S/C48H57Cl2N7O9/c1-30(2)42(56-48(63)66-29-39-37-11-6-4-9-35(37)36-10-5-7-12-38(36)39)44(59)54-40(13-8-24-52-46(51)61)43(58)53-33-18-14-32(15-19-33)28-65-47(62)55-41(45(60)64-3)27-31-16-20-34(21-17-31)57(25-22-49)26-23-50/h4-7,9-12,14-21,30,39-42H,8,13,22-29H2,1-3H3,(H,53,58)(H,54,59)(H,55,62)(H,56,63)(H3,51,52,61)/t40-,41?,42-/m0/s1. The van der Waals surface area contributed by atoms with Crippen molar-refractivity contribution in [2.24, 2.45) is 11.7 Å². The third-order valence-corrected chi connectivity index (χ3v) is 11.3. The van der Waals surface area contributed by atoms with Crippen molar-refractivity contribution < 1.29 is 43.0 Å². The number of ether oxygens (including phenoxy) is 3. The summed E-state index contributed by atoms with van der Waals surface area (Å²) in [6.07, 6.45) is -1.06. The van der Waals surface area contributed by atoms with E-state index >= 15 is 0 Å². The van der Waals surface area contributed by atoms with Crippen LogP contribution in [-0.4, -0.2) is 99.2 Å². The molecule has 0 radical (unpaired) electrons. The lowest BCUT2D eigenvalue weighted by Crippen LogP contribution is -2.54. The maximum Gasteiger partial charge on any atom is 0.408 e. The molecule has 0 saturated carbocycles. The van der Waals surface area contributed by atoms with Crippen LogP contribution in [0.1, 0.15) is 54.9 Å². The van der Waals surface area contributed by atoms with E-state index in [9.17, 15) is 28.8 Å². The first-order valence-electron chi connectivity index (χ1n) is 21.6. The number of alkyl halides is 2. The number of urea groups is 1. The average Bonchev–Trinajstić information content (AvgIpc) is 3.63. The van der Waals surface area contributed by atoms with Crippen LogP contribution in [0.2, 0.25) is 0 Å². The van der Waals surface area contributed by atoms with Crippen molar-refractivity contribution in [1.29, 1.82) is 0 Å². The Morgan fingerprint density at radius 3 is 1.88 bits per heavy atom. The minimum atomic E-state index is -1.08. The molecular weight excluding hydrogens is 889 g/mol. The molecule has 16 nitrogen and oxygen atoms in total. The highest BCUT2D eigenvalue weighted by Gasteiger charge is 2.32. The number of fused-ring (bicyclic) bond motifs is 3. The lowest BCUT2D eigenvalue weighted by molar-refractivity contribution is -0.143. The van der Waals surface area contributed by atoms with Crippen LogP contribution < -0.4 is 37.2 Å². The highest BCUT2D eigenvalue weighted by molar-refractivity contribution is 6.18. The minimum absolute atomic E-state index is 0.0555. The first-order chi connectivity index (χ1) is 31.8. The number of anilines is 2. The number of carbonyl (C=O) groups is 6. The van der Waals surface area contributed by atoms with E-state index in [1.54, 1.807) is 38.1 Å². The monoisotopic (exact) mass is 945 g/mol. The molecule has 0 aliphatic heterocycles. The second kappa shape index (κ2) is 25.2. The Morgan fingerprint density at radius 2 is 1.30 bits per heavy atom. The summed E-state index contributed by atoms with van der Waals surface area (Å²) in [7, 11) is 1.23. The van der Waals surface area contributed by atoms with Gasteiger partial charge < -0.3 is 51.4 Å². The second-order valence-corrected chi connectivity index (χ2v) is 16.7. The van der Waals surface area contributed by atoms with Gasteiger partial charge in [-0.15, -0.1) is 23.2 Å². The number of rotatable bonds is 23. The maximum atomic E-state index is 13.7. The van der Waals surface area contributed by atoms with Crippen molar-refractivity contribution in [2.75, 3.05) is 55.3 Å². The van der Waals surface area contributed by atoms with E-state index in [4.69, 9.17) is 43.1 Å². The number of alkyl carbamates (subject to hydrolysis) is 2. The number of primary amides is 1. The number of amides is 6. The smallest absolute Gasteiger partial charge is 0.408 e. The molecule has 7 N–H and O–H groups in total. The number of methoxy groups -OCH3 is 1. The molecule has 5 rings (SSSR count). The fourth-order valence-electron chi connectivity index (χ4n) is 7.58. The average molecular weight is 947 g/mol. The highest BCUT2D eigenvalue weighted by atomic mass is 35.5. The Kier molecular flexibility index (Phi) is 19.3. The van der Waals surface area contributed by atoms with Gasteiger partial charge in [0.05, 0.1) is 7.11 Å². The third-order valence-electron chi connectivity index (χ3n) is 11.0. The van der Waals surface area contributed by atoms with Crippen LogP contribution in [0.5, 0.6) is 0 Å². The summed E-state index contributed by atoms with van der Waals surface area (Å²) in [5.74, 6) is -1.49. The lowest BCUT2D eigenvalue weighted by atomic mass is 9.98. The van der Waals surface area contributed by atoms with Crippen LogP contribution in [0.25, 0.3) is 11.1 Å². The quantitative estimate of drug-likeness (QED) is 0.0208. The van der Waals surface area contributed by atoms with Crippen molar-refractivity contribution in [3.05, 3.63) is 119 Å². The zero-order valence-corrected chi connectivity index (χ0v) is 38.7. The van der Waals surface area contributed by atoms with Crippen LogP contribution in [0, 0.1) is 5.92 Å². The van der Waals surface area contributed by atoms with E-state index in [0.717, 1.165) is 33.5 Å². The summed E-state index contributed by atoms with van der Waals surface area (Å²) in [6, 6.07) is 26.0. The van der Waals surface area contributed by atoms with Gasteiger partial charge in [-0.1, -0.05) is 86.6 Å². The summed E-state index contributed by atoms with van der Waals surface area (Å²) in [5.41, 5.74) is 12.1. The summed E-state index contributed by atoms with van der Waals surface area (Å²) in [4.78, 5) is 79.4. The van der Waals surface area contributed by atoms with Crippen LogP contribution >= 0.6 is 23.2 Å². The number of nitrogens with one attached hydrogen (secondary N) is 5. The molecule has 18 heteroatoms. The Hall–Kier alpha value is -6.52. The Labute approximate surface area is 394 Å². The van der Waals surface area contributed by atoms with E-state index in [2.05, 4.69) is 26.6 Å². The van der Waals surface area contributed by atoms with Crippen molar-refractivity contribution in [2.45, 2.75) is 63.8 Å².